The fourth-order valence-corrected chi connectivity index (χ4v) is 2.97. The smallest absolute Gasteiger partial charge is 0.263 e. The van der Waals surface area contributed by atoms with Crippen LogP contribution in [0.15, 0.2) is 53.3 Å². The molecule has 1 unspecified atom stereocenters. The Morgan fingerprint density at radius 1 is 1.26 bits per heavy atom. The van der Waals surface area contributed by atoms with Crippen LogP contribution in [0.4, 0.5) is 0 Å². The third kappa shape index (κ3) is 4.46. The van der Waals surface area contributed by atoms with E-state index < -0.39 is 6.10 Å². The summed E-state index contributed by atoms with van der Waals surface area (Å²) in [6.45, 7) is 4.20. The number of halogens is 1. The molecule has 0 aliphatic rings. The number of fused-ring (bicyclic) bond motifs is 1. The lowest BCUT2D eigenvalue weighted by molar-refractivity contribution is -0.138. The molecule has 2 aromatic carbocycles. The third-order valence-corrected chi connectivity index (χ3v) is 4.39. The van der Waals surface area contributed by atoms with Crippen molar-refractivity contribution in [2.24, 2.45) is 0 Å². The van der Waals surface area contributed by atoms with Crippen molar-refractivity contribution < 1.29 is 9.53 Å². The highest BCUT2D eigenvalue weighted by Crippen LogP contribution is 2.19. The molecule has 3 aromatic rings. The van der Waals surface area contributed by atoms with E-state index in [9.17, 15) is 9.59 Å². The van der Waals surface area contributed by atoms with Gasteiger partial charge in [-0.2, -0.15) is 0 Å². The van der Waals surface area contributed by atoms with E-state index in [0.717, 1.165) is 0 Å². The zero-order valence-electron chi connectivity index (χ0n) is 15.1. The van der Waals surface area contributed by atoms with Gasteiger partial charge in [0.1, 0.15) is 11.6 Å². The summed E-state index contributed by atoms with van der Waals surface area (Å²) in [7, 11) is 0. The van der Waals surface area contributed by atoms with Crippen LogP contribution in [0.25, 0.3) is 10.9 Å². The quantitative estimate of drug-likeness (QED) is 0.705. The van der Waals surface area contributed by atoms with Gasteiger partial charge in [-0.1, -0.05) is 29.8 Å². The van der Waals surface area contributed by atoms with Crippen molar-refractivity contribution in [1.82, 2.24) is 14.9 Å². The van der Waals surface area contributed by atoms with E-state index >= 15 is 0 Å². The van der Waals surface area contributed by atoms with Crippen molar-refractivity contribution >= 4 is 28.4 Å². The number of hydrogen-bond donors (Lipinski definition) is 1. The first-order chi connectivity index (χ1) is 13.0. The molecule has 6 nitrogen and oxygen atoms in total. The minimum absolute atomic E-state index is 0.193. The van der Waals surface area contributed by atoms with Crippen molar-refractivity contribution in [3.05, 3.63) is 69.7 Å². The summed E-state index contributed by atoms with van der Waals surface area (Å²) in [5.74, 6) is 0.758. The number of ether oxygens (including phenoxy) is 1. The van der Waals surface area contributed by atoms with Crippen molar-refractivity contribution in [3.63, 3.8) is 0 Å². The topological polar surface area (TPSA) is 75.3 Å². The van der Waals surface area contributed by atoms with E-state index in [-0.39, 0.29) is 18.0 Å². The lowest BCUT2D eigenvalue weighted by atomic mass is 10.2. The standard InChI is InChI=1S/C20H20ClN3O3/c1-3-24(20(26)13(2)27-15-8-6-7-14(21)11-15)12-18-22-17-10-5-4-9-16(17)19(25)23-18/h4-11,13H,3,12H2,1-2H3,(H,22,23,25). The number of amides is 1. The number of carbonyl (C=O) groups excluding carboxylic acids is 1. The number of nitrogens with one attached hydrogen (secondary N) is 1. The Morgan fingerprint density at radius 3 is 2.78 bits per heavy atom. The molecule has 27 heavy (non-hydrogen) atoms. The first kappa shape index (κ1) is 18.9. The van der Waals surface area contributed by atoms with E-state index in [0.29, 0.717) is 34.0 Å². The SMILES string of the molecule is CCN(Cc1nc2ccccc2c(=O)[nH]1)C(=O)C(C)Oc1cccc(Cl)c1. The molecule has 0 fully saturated rings. The van der Waals surface area contributed by atoms with Gasteiger partial charge in [0.2, 0.25) is 0 Å². The largest absolute Gasteiger partial charge is 0.481 e. The lowest BCUT2D eigenvalue weighted by Crippen LogP contribution is -2.40. The monoisotopic (exact) mass is 385 g/mol. The van der Waals surface area contributed by atoms with E-state index in [1.54, 1.807) is 54.3 Å². The number of para-hydroxylation sites is 1. The molecule has 0 bridgehead atoms. The van der Waals surface area contributed by atoms with E-state index in [2.05, 4.69) is 9.97 Å². The van der Waals surface area contributed by atoms with Crippen LogP contribution in [0.2, 0.25) is 5.02 Å². The molecule has 0 saturated heterocycles. The minimum Gasteiger partial charge on any atom is -0.481 e. The summed E-state index contributed by atoms with van der Waals surface area (Å²) in [4.78, 5) is 33.8. The van der Waals surface area contributed by atoms with Crippen LogP contribution in [0.3, 0.4) is 0 Å². The van der Waals surface area contributed by atoms with Crippen LogP contribution in [0.1, 0.15) is 19.7 Å². The summed E-state index contributed by atoms with van der Waals surface area (Å²) >= 11 is 5.95. The summed E-state index contributed by atoms with van der Waals surface area (Å²) in [6, 6.07) is 14.0. The average molecular weight is 386 g/mol. The van der Waals surface area contributed by atoms with Gasteiger partial charge in [0.05, 0.1) is 17.4 Å². The third-order valence-electron chi connectivity index (χ3n) is 4.15. The van der Waals surface area contributed by atoms with Gasteiger partial charge in [-0.3, -0.25) is 9.59 Å². The number of aromatic amines is 1. The van der Waals surface area contributed by atoms with Crippen molar-refractivity contribution in [1.29, 1.82) is 0 Å². The summed E-state index contributed by atoms with van der Waals surface area (Å²) in [5.41, 5.74) is 0.380. The van der Waals surface area contributed by atoms with Crippen molar-refractivity contribution in [2.75, 3.05) is 6.54 Å². The number of benzene rings is 2. The van der Waals surface area contributed by atoms with Gasteiger partial charge in [0.25, 0.3) is 11.5 Å². The number of hydrogen-bond acceptors (Lipinski definition) is 4. The Kier molecular flexibility index (Phi) is 5.76. The second-order valence-corrected chi connectivity index (χ2v) is 6.54. The highest BCUT2D eigenvalue weighted by molar-refractivity contribution is 6.30. The second kappa shape index (κ2) is 8.22. The van der Waals surface area contributed by atoms with Gasteiger partial charge in [-0.25, -0.2) is 4.98 Å². The Bertz CT molecular complexity index is 1020. The molecular weight excluding hydrogens is 366 g/mol. The lowest BCUT2D eigenvalue weighted by Gasteiger charge is -2.24. The maximum atomic E-state index is 12.8. The van der Waals surface area contributed by atoms with Crippen molar-refractivity contribution in [3.8, 4) is 5.75 Å². The van der Waals surface area contributed by atoms with Crippen LogP contribution in [0.5, 0.6) is 5.75 Å². The van der Waals surface area contributed by atoms with Crippen LogP contribution in [-0.4, -0.2) is 33.4 Å². The first-order valence-electron chi connectivity index (χ1n) is 8.67. The van der Waals surface area contributed by atoms with E-state index in [1.807, 2.05) is 13.0 Å². The highest BCUT2D eigenvalue weighted by atomic mass is 35.5. The van der Waals surface area contributed by atoms with Crippen molar-refractivity contribution in [2.45, 2.75) is 26.5 Å². The molecule has 1 aromatic heterocycles. The zero-order chi connectivity index (χ0) is 19.4. The van der Waals surface area contributed by atoms with Gasteiger partial charge < -0.3 is 14.6 Å². The molecule has 0 spiro atoms. The fourth-order valence-electron chi connectivity index (χ4n) is 2.79. The number of H-pyrrole nitrogens is 1. The van der Waals surface area contributed by atoms with Crippen LogP contribution < -0.4 is 10.3 Å². The zero-order valence-corrected chi connectivity index (χ0v) is 15.9. The molecule has 3 rings (SSSR count). The number of aromatic nitrogens is 2. The Morgan fingerprint density at radius 2 is 2.04 bits per heavy atom. The Balaban J connectivity index is 1.76. The van der Waals surface area contributed by atoms with Gasteiger partial charge in [0.15, 0.2) is 6.10 Å². The van der Waals surface area contributed by atoms with Gasteiger partial charge in [-0.15, -0.1) is 0 Å². The normalized spacial score (nSPS) is 12.0. The van der Waals surface area contributed by atoms with Crippen LogP contribution in [0, 0.1) is 0 Å². The molecule has 1 N–H and O–H groups in total. The maximum absolute atomic E-state index is 12.8. The average Bonchev–Trinajstić information content (AvgIpc) is 2.65. The van der Waals surface area contributed by atoms with Crippen LogP contribution >= 0.6 is 11.6 Å². The van der Waals surface area contributed by atoms with Gasteiger partial charge in [-0.05, 0) is 44.2 Å². The van der Waals surface area contributed by atoms with Crippen LogP contribution in [-0.2, 0) is 11.3 Å². The molecule has 0 aliphatic carbocycles. The number of likely N-dealkylation sites (N-methyl/N-ethyl adjacent to an activating group) is 1. The fraction of sp³-hybridized carbons (Fsp3) is 0.250. The maximum Gasteiger partial charge on any atom is 0.263 e. The van der Waals surface area contributed by atoms with Gasteiger partial charge in [0, 0.05) is 11.6 Å². The molecule has 1 amide bonds. The van der Waals surface area contributed by atoms with E-state index in [4.69, 9.17) is 16.3 Å². The second-order valence-electron chi connectivity index (χ2n) is 6.10. The number of rotatable bonds is 6. The predicted molar refractivity (Wildman–Crippen MR) is 105 cm³/mol. The molecule has 140 valence electrons. The molecule has 0 saturated carbocycles. The molecule has 0 radical (unpaired) electrons. The Hall–Kier alpha value is -2.86. The number of nitrogens with zero attached hydrogens (tertiary/aromatic N) is 2. The molecule has 1 atom stereocenters. The molecule has 0 aliphatic heterocycles. The predicted octanol–water partition coefficient (Wildman–Crippen LogP) is 3.39. The highest BCUT2D eigenvalue weighted by Gasteiger charge is 2.22. The molecule has 7 heteroatoms. The minimum atomic E-state index is -0.699. The molecular formula is C20H20ClN3O3. The number of carbonyl (C=O) groups is 1. The Labute approximate surface area is 161 Å². The summed E-state index contributed by atoms with van der Waals surface area (Å²) < 4.78 is 5.70. The van der Waals surface area contributed by atoms with Gasteiger partial charge >= 0.3 is 0 Å². The first-order valence-corrected chi connectivity index (χ1v) is 9.04. The van der Waals surface area contributed by atoms with E-state index in [1.165, 1.54) is 0 Å². The molecule has 1 heterocycles. The summed E-state index contributed by atoms with van der Waals surface area (Å²) in [6.07, 6.45) is -0.699. The summed E-state index contributed by atoms with van der Waals surface area (Å²) in [5, 5.41) is 1.06.